The van der Waals surface area contributed by atoms with Gasteiger partial charge in [-0.1, -0.05) is 6.07 Å². The van der Waals surface area contributed by atoms with Crippen molar-refractivity contribution in [3.63, 3.8) is 0 Å². The molecule has 1 fully saturated rings. The van der Waals surface area contributed by atoms with Crippen LogP contribution in [0.1, 0.15) is 29.2 Å². The molecule has 2 heterocycles. The van der Waals surface area contributed by atoms with Crippen molar-refractivity contribution in [3.8, 4) is 5.75 Å². The molecule has 1 amide bonds. The average molecular weight is 430 g/mol. The molecule has 1 saturated carbocycles. The molecule has 0 saturated heterocycles. The number of furan rings is 1. The molecule has 27 heavy (non-hydrogen) atoms. The van der Waals surface area contributed by atoms with Crippen molar-refractivity contribution in [2.75, 3.05) is 5.32 Å². The highest BCUT2D eigenvalue weighted by Gasteiger charge is 2.29. The SMILES string of the molecule is O=C(Oc1cccc(NC(=O)C2CC2)c1)c1ccc(Cn2cc(Br)cn2)o1. The summed E-state index contributed by atoms with van der Waals surface area (Å²) in [5, 5.41) is 6.97. The minimum absolute atomic E-state index is 0.000545. The quantitative estimate of drug-likeness (QED) is 0.474. The molecule has 0 radical (unpaired) electrons. The van der Waals surface area contributed by atoms with E-state index in [-0.39, 0.29) is 17.6 Å². The third-order valence-corrected chi connectivity index (χ3v) is 4.45. The molecule has 0 unspecified atom stereocenters. The number of ether oxygens (including phenoxy) is 1. The van der Waals surface area contributed by atoms with E-state index in [4.69, 9.17) is 9.15 Å². The first-order valence-electron chi connectivity index (χ1n) is 8.46. The molecule has 138 valence electrons. The fourth-order valence-corrected chi connectivity index (χ4v) is 2.87. The third kappa shape index (κ3) is 4.46. The standard InChI is InChI=1S/C19H16BrN3O4/c20-13-9-21-23(10-13)11-16-6-7-17(26-16)19(25)27-15-3-1-2-14(8-15)22-18(24)12-4-5-12/h1-3,6-10,12H,4-5,11H2,(H,22,24). The molecule has 0 bridgehead atoms. The van der Waals surface area contributed by atoms with Gasteiger partial charge in [-0.25, -0.2) is 4.79 Å². The minimum Gasteiger partial charge on any atom is -0.452 e. The van der Waals surface area contributed by atoms with E-state index in [2.05, 4.69) is 26.3 Å². The van der Waals surface area contributed by atoms with E-state index in [0.717, 1.165) is 17.3 Å². The van der Waals surface area contributed by atoms with Crippen LogP contribution in [0.2, 0.25) is 0 Å². The van der Waals surface area contributed by atoms with Gasteiger partial charge in [-0.3, -0.25) is 9.48 Å². The molecule has 1 aliphatic rings. The Morgan fingerprint density at radius 2 is 2.15 bits per heavy atom. The van der Waals surface area contributed by atoms with E-state index in [1.807, 2.05) is 6.20 Å². The van der Waals surface area contributed by atoms with Gasteiger partial charge in [0.1, 0.15) is 11.5 Å². The molecular weight excluding hydrogens is 414 g/mol. The van der Waals surface area contributed by atoms with Gasteiger partial charge in [-0.2, -0.15) is 5.10 Å². The van der Waals surface area contributed by atoms with Gasteiger partial charge >= 0.3 is 5.97 Å². The third-order valence-electron chi connectivity index (χ3n) is 4.04. The monoisotopic (exact) mass is 429 g/mol. The Bertz CT molecular complexity index is 990. The maximum atomic E-state index is 12.3. The summed E-state index contributed by atoms with van der Waals surface area (Å²) >= 11 is 3.33. The van der Waals surface area contributed by atoms with Crippen LogP contribution < -0.4 is 10.1 Å². The second kappa shape index (κ2) is 7.40. The van der Waals surface area contributed by atoms with Gasteiger partial charge in [0, 0.05) is 23.9 Å². The number of nitrogens with zero attached hydrogens (tertiary/aromatic N) is 2. The lowest BCUT2D eigenvalue weighted by Gasteiger charge is -2.07. The molecule has 0 atom stereocenters. The van der Waals surface area contributed by atoms with E-state index in [1.165, 1.54) is 0 Å². The Morgan fingerprint density at radius 3 is 2.89 bits per heavy atom. The molecule has 7 nitrogen and oxygen atoms in total. The van der Waals surface area contributed by atoms with Crippen LogP contribution in [0.25, 0.3) is 0 Å². The van der Waals surface area contributed by atoms with Gasteiger partial charge in [0.25, 0.3) is 0 Å². The summed E-state index contributed by atoms with van der Waals surface area (Å²) in [6.45, 7) is 0.404. The zero-order valence-electron chi connectivity index (χ0n) is 14.2. The Kier molecular flexibility index (Phi) is 4.81. The van der Waals surface area contributed by atoms with Crippen molar-refractivity contribution in [1.29, 1.82) is 0 Å². The number of benzene rings is 1. The Balaban J connectivity index is 1.39. The molecule has 3 aromatic rings. The molecule has 0 spiro atoms. The van der Waals surface area contributed by atoms with Crippen LogP contribution in [-0.2, 0) is 11.3 Å². The highest BCUT2D eigenvalue weighted by molar-refractivity contribution is 9.10. The lowest BCUT2D eigenvalue weighted by atomic mass is 10.3. The summed E-state index contributed by atoms with van der Waals surface area (Å²) < 4.78 is 13.4. The Morgan fingerprint density at radius 1 is 1.30 bits per heavy atom. The molecule has 1 aliphatic carbocycles. The molecule has 2 aromatic heterocycles. The largest absolute Gasteiger partial charge is 0.452 e. The van der Waals surface area contributed by atoms with E-state index in [1.54, 1.807) is 47.3 Å². The number of halogens is 1. The van der Waals surface area contributed by atoms with Crippen LogP contribution in [0.4, 0.5) is 5.69 Å². The molecule has 8 heteroatoms. The number of rotatable bonds is 6. The average Bonchev–Trinajstić information content (AvgIpc) is 3.27. The van der Waals surface area contributed by atoms with Crippen molar-refractivity contribution in [1.82, 2.24) is 9.78 Å². The molecule has 0 aliphatic heterocycles. The fourth-order valence-electron chi connectivity index (χ4n) is 2.54. The summed E-state index contributed by atoms with van der Waals surface area (Å²) in [7, 11) is 0. The second-order valence-electron chi connectivity index (χ2n) is 6.30. The van der Waals surface area contributed by atoms with Crippen LogP contribution in [-0.4, -0.2) is 21.7 Å². The fraction of sp³-hybridized carbons (Fsp3) is 0.211. The predicted octanol–water partition coefficient (Wildman–Crippen LogP) is 3.85. The summed E-state index contributed by atoms with van der Waals surface area (Å²) in [5.74, 6) is 0.523. The number of hydrogen-bond acceptors (Lipinski definition) is 5. The van der Waals surface area contributed by atoms with Gasteiger partial charge in [-0.15, -0.1) is 0 Å². The van der Waals surface area contributed by atoms with Gasteiger partial charge in [0.15, 0.2) is 0 Å². The van der Waals surface area contributed by atoms with Gasteiger partial charge in [0.05, 0.1) is 17.2 Å². The van der Waals surface area contributed by atoms with Crippen LogP contribution in [0.3, 0.4) is 0 Å². The minimum atomic E-state index is -0.603. The topological polar surface area (TPSA) is 86.4 Å². The molecular formula is C19H16BrN3O4. The first-order valence-corrected chi connectivity index (χ1v) is 9.26. The summed E-state index contributed by atoms with van der Waals surface area (Å²) in [6, 6.07) is 10.0. The van der Waals surface area contributed by atoms with Crippen molar-refractivity contribution in [3.05, 3.63) is 64.8 Å². The van der Waals surface area contributed by atoms with Gasteiger partial charge in [0.2, 0.25) is 11.7 Å². The number of hydrogen-bond donors (Lipinski definition) is 1. The smallest absolute Gasteiger partial charge is 0.379 e. The Hall–Kier alpha value is -2.87. The maximum Gasteiger partial charge on any atom is 0.379 e. The first-order chi connectivity index (χ1) is 13.1. The number of carbonyl (C=O) groups is 2. The number of carbonyl (C=O) groups excluding carboxylic acids is 2. The lowest BCUT2D eigenvalue weighted by Crippen LogP contribution is -2.13. The van der Waals surface area contributed by atoms with Crippen LogP contribution >= 0.6 is 15.9 Å². The van der Waals surface area contributed by atoms with Crippen molar-refractivity contribution in [2.24, 2.45) is 5.92 Å². The van der Waals surface area contributed by atoms with Crippen LogP contribution in [0, 0.1) is 5.92 Å². The normalized spacial score (nSPS) is 13.4. The summed E-state index contributed by atoms with van der Waals surface area (Å²) in [5.41, 5.74) is 0.599. The van der Waals surface area contributed by atoms with Crippen molar-refractivity contribution >= 4 is 33.5 Å². The molecule has 4 rings (SSSR count). The predicted molar refractivity (Wildman–Crippen MR) is 100 cm³/mol. The Labute approximate surface area is 163 Å². The number of aromatic nitrogens is 2. The lowest BCUT2D eigenvalue weighted by molar-refractivity contribution is -0.117. The zero-order chi connectivity index (χ0) is 18.8. The zero-order valence-corrected chi connectivity index (χ0v) is 15.8. The number of nitrogens with one attached hydrogen (secondary N) is 1. The highest BCUT2D eigenvalue weighted by Crippen LogP contribution is 2.30. The first kappa shape index (κ1) is 17.5. The van der Waals surface area contributed by atoms with E-state index in [9.17, 15) is 9.59 Å². The van der Waals surface area contributed by atoms with Crippen molar-refractivity contribution in [2.45, 2.75) is 19.4 Å². The van der Waals surface area contributed by atoms with Gasteiger partial charge < -0.3 is 14.5 Å². The van der Waals surface area contributed by atoms with Crippen LogP contribution in [0.5, 0.6) is 5.75 Å². The highest BCUT2D eigenvalue weighted by atomic mass is 79.9. The van der Waals surface area contributed by atoms with Crippen LogP contribution in [0.15, 0.2) is 57.7 Å². The summed E-state index contributed by atoms with van der Waals surface area (Å²) in [6.07, 6.45) is 5.34. The molecule has 1 aromatic carbocycles. The van der Waals surface area contributed by atoms with Gasteiger partial charge in [-0.05, 0) is 53.0 Å². The summed E-state index contributed by atoms with van der Waals surface area (Å²) in [4.78, 5) is 24.1. The number of esters is 1. The number of anilines is 1. The number of amides is 1. The maximum absolute atomic E-state index is 12.3. The van der Waals surface area contributed by atoms with E-state index < -0.39 is 5.97 Å². The van der Waals surface area contributed by atoms with E-state index in [0.29, 0.717) is 23.7 Å². The van der Waals surface area contributed by atoms with Crippen molar-refractivity contribution < 1.29 is 18.7 Å². The van der Waals surface area contributed by atoms with E-state index >= 15 is 0 Å². The molecule has 1 N–H and O–H groups in total. The second-order valence-corrected chi connectivity index (χ2v) is 7.22.